The molecular formula is C20H20BrCuN2. The number of benzene rings is 1. The van der Waals surface area contributed by atoms with Gasteiger partial charge in [-0.15, -0.1) is 0 Å². The number of halogens is 1. The van der Waals surface area contributed by atoms with Gasteiger partial charge in [-0.05, 0) is 67.6 Å². The van der Waals surface area contributed by atoms with Gasteiger partial charge in [0.05, 0.1) is 11.4 Å². The molecule has 3 rings (SSSR count). The van der Waals surface area contributed by atoms with Crippen molar-refractivity contribution in [1.29, 1.82) is 0 Å². The number of hydrogen-bond donors (Lipinski definition) is 0. The molecule has 1 aromatic carbocycles. The number of rotatable bonds is 4. The van der Waals surface area contributed by atoms with Gasteiger partial charge in [0.15, 0.2) is 0 Å². The van der Waals surface area contributed by atoms with Crippen molar-refractivity contribution in [2.45, 2.75) is 26.7 Å². The van der Waals surface area contributed by atoms with Gasteiger partial charge in [0.25, 0.3) is 0 Å². The minimum atomic E-state index is 0.942. The molecule has 0 fully saturated rings. The van der Waals surface area contributed by atoms with Crippen LogP contribution in [0.4, 0.5) is 0 Å². The van der Waals surface area contributed by atoms with E-state index in [0.29, 0.717) is 0 Å². The summed E-state index contributed by atoms with van der Waals surface area (Å²) in [4.78, 5) is 8.87. The Hall–Kier alpha value is -1.48. The van der Waals surface area contributed by atoms with Crippen LogP contribution in [0.25, 0.3) is 11.4 Å². The summed E-state index contributed by atoms with van der Waals surface area (Å²) >= 11 is 6.50. The van der Waals surface area contributed by atoms with Crippen LogP contribution in [0.2, 0.25) is 0 Å². The molecule has 0 saturated carbocycles. The summed E-state index contributed by atoms with van der Waals surface area (Å²) in [5.41, 5.74) is 7.08. The van der Waals surface area contributed by atoms with Crippen LogP contribution < -0.4 is 0 Å². The van der Waals surface area contributed by atoms with Crippen molar-refractivity contribution in [2.24, 2.45) is 0 Å². The summed E-state index contributed by atoms with van der Waals surface area (Å²) in [6, 6.07) is 17.1. The number of nitrogens with zero attached hydrogens (tertiary/aromatic N) is 2. The molecule has 0 aliphatic carbocycles. The van der Waals surface area contributed by atoms with Crippen LogP contribution in [0.5, 0.6) is 0 Å². The third-order valence-corrected chi connectivity index (χ3v) is 3.83. The van der Waals surface area contributed by atoms with E-state index in [1.807, 2.05) is 18.5 Å². The van der Waals surface area contributed by atoms with E-state index in [2.05, 4.69) is 94.6 Å². The number of hydrogen-bond acceptors (Lipinski definition) is 2. The van der Waals surface area contributed by atoms with Gasteiger partial charge in [0, 0.05) is 12.4 Å². The third-order valence-electron chi connectivity index (χ3n) is 3.83. The van der Waals surface area contributed by atoms with Gasteiger partial charge in [0.2, 0.25) is 0 Å². The first kappa shape index (κ1) is 18.9. The molecule has 2 heterocycles. The second-order valence-electron chi connectivity index (χ2n) is 5.75. The van der Waals surface area contributed by atoms with Gasteiger partial charge in [-0.3, -0.25) is 9.97 Å². The molecule has 0 unspecified atom stereocenters. The Morgan fingerprint density at radius 3 is 1.96 bits per heavy atom. The topological polar surface area (TPSA) is 25.8 Å². The third kappa shape index (κ3) is 5.55. The first-order valence-corrected chi connectivity index (χ1v) is 10.1. The summed E-state index contributed by atoms with van der Waals surface area (Å²) in [5, 5.41) is 0. The second kappa shape index (κ2) is 9.73. The zero-order valence-corrected chi connectivity index (χ0v) is 16.3. The quantitative estimate of drug-likeness (QED) is 0.518. The maximum atomic E-state index is 4.45. The zero-order chi connectivity index (χ0) is 17.4. The predicted molar refractivity (Wildman–Crippen MR) is 99.7 cm³/mol. The summed E-state index contributed by atoms with van der Waals surface area (Å²) in [5.74, 6) is 0. The van der Waals surface area contributed by atoms with Crippen LogP contribution in [0, 0.1) is 13.8 Å². The molecule has 0 radical (unpaired) electrons. The maximum absolute atomic E-state index is 4.45. The number of pyridine rings is 2. The molecule has 0 aliphatic rings. The van der Waals surface area contributed by atoms with Crippen molar-refractivity contribution in [2.75, 3.05) is 0 Å². The molecule has 0 spiro atoms. The standard InChI is InChI=1S/C20H20N2.BrH.Cu/c1-15-3-5-17(6-4-15)7-8-18-10-12-22-20(14-18)19-13-16(2)9-11-21-19;;/h3-6,9-14H,7-8H2,1-2H3;1H;/q;;+1/p-1. The molecule has 0 bridgehead atoms. The second-order valence-corrected chi connectivity index (χ2v) is 5.75. The van der Waals surface area contributed by atoms with E-state index in [1.54, 1.807) is 0 Å². The minimum absolute atomic E-state index is 0.942. The molecule has 0 atom stereocenters. The Morgan fingerprint density at radius 1 is 0.708 bits per heavy atom. The van der Waals surface area contributed by atoms with E-state index in [4.69, 9.17) is 0 Å². The van der Waals surface area contributed by atoms with Crippen LogP contribution in [0.3, 0.4) is 0 Å². The molecule has 2 nitrogen and oxygen atoms in total. The molecule has 3 aromatic rings. The average molecular weight is 432 g/mol. The van der Waals surface area contributed by atoms with Crippen LogP contribution in [0.1, 0.15) is 22.3 Å². The van der Waals surface area contributed by atoms with Crippen molar-refractivity contribution in [1.82, 2.24) is 9.97 Å². The van der Waals surface area contributed by atoms with Crippen molar-refractivity contribution in [3.8, 4) is 11.4 Å². The van der Waals surface area contributed by atoms with E-state index in [1.165, 1.54) is 22.3 Å². The molecule has 0 saturated heterocycles. The monoisotopic (exact) mass is 430 g/mol. The molecule has 128 valence electrons. The molecule has 0 N–H and O–H groups in total. The van der Waals surface area contributed by atoms with Crippen molar-refractivity contribution in [3.05, 3.63) is 83.2 Å². The van der Waals surface area contributed by atoms with Crippen LogP contribution in [0.15, 0.2) is 60.9 Å². The van der Waals surface area contributed by atoms with Gasteiger partial charge < -0.3 is 0 Å². The van der Waals surface area contributed by atoms with Crippen LogP contribution >= 0.6 is 14.1 Å². The number of aromatic nitrogens is 2. The Kier molecular flexibility index (Phi) is 7.64. The van der Waals surface area contributed by atoms with Gasteiger partial charge in [0.1, 0.15) is 0 Å². The van der Waals surface area contributed by atoms with Crippen LogP contribution in [-0.2, 0) is 27.0 Å². The van der Waals surface area contributed by atoms with Gasteiger partial charge in [-0.1, -0.05) is 29.8 Å². The molecule has 0 aliphatic heterocycles. The van der Waals surface area contributed by atoms with E-state index in [-0.39, 0.29) is 0 Å². The SMILES string of the molecule is Cc1ccc(CCc2ccnc(-c3cc(C)ccn3)c2)cc1.[Cu][Br]. The van der Waals surface area contributed by atoms with Crippen LogP contribution in [-0.4, -0.2) is 9.97 Å². The Balaban J connectivity index is 0.00000100. The van der Waals surface area contributed by atoms with E-state index in [0.717, 1.165) is 24.2 Å². The fourth-order valence-electron chi connectivity index (χ4n) is 2.49. The van der Waals surface area contributed by atoms with Gasteiger partial charge in [-0.25, -0.2) is 0 Å². The van der Waals surface area contributed by atoms with Crippen molar-refractivity contribution < 1.29 is 14.2 Å². The average Bonchev–Trinajstić information content (AvgIpc) is 2.63. The molecule has 2 aromatic heterocycles. The first-order valence-electron chi connectivity index (χ1n) is 7.75. The normalized spacial score (nSPS) is 10.0. The summed E-state index contributed by atoms with van der Waals surface area (Å²) in [6.07, 6.45) is 5.78. The van der Waals surface area contributed by atoms with E-state index >= 15 is 0 Å². The van der Waals surface area contributed by atoms with Gasteiger partial charge >= 0.3 is 28.3 Å². The molecule has 4 heteroatoms. The summed E-state index contributed by atoms with van der Waals surface area (Å²) in [6.45, 7) is 4.19. The zero-order valence-electron chi connectivity index (χ0n) is 13.8. The van der Waals surface area contributed by atoms with Gasteiger partial charge in [-0.2, -0.15) is 0 Å². The first-order chi connectivity index (χ1) is 11.7. The van der Waals surface area contributed by atoms with E-state index in [9.17, 15) is 0 Å². The fraction of sp³-hybridized carbons (Fsp3) is 0.200. The fourth-order valence-corrected chi connectivity index (χ4v) is 2.49. The Bertz CT molecular complexity index is 773. The molecule has 24 heavy (non-hydrogen) atoms. The molecule has 0 amide bonds. The van der Waals surface area contributed by atoms with Crippen molar-refractivity contribution >= 4 is 14.1 Å². The van der Waals surface area contributed by atoms with Crippen molar-refractivity contribution in [3.63, 3.8) is 0 Å². The number of aryl methyl sites for hydroxylation is 4. The Labute approximate surface area is 159 Å². The predicted octanol–water partition coefficient (Wildman–Crippen LogP) is 5.39. The molecular weight excluding hydrogens is 412 g/mol. The summed E-state index contributed by atoms with van der Waals surface area (Å²) in [7, 11) is 0. The Morgan fingerprint density at radius 2 is 1.29 bits per heavy atom. The summed E-state index contributed by atoms with van der Waals surface area (Å²) < 4.78 is 0. The van der Waals surface area contributed by atoms with E-state index < -0.39 is 0 Å².